The van der Waals surface area contributed by atoms with Gasteiger partial charge in [-0.15, -0.1) is 10.2 Å². The number of nitrogens with one attached hydrogen (secondary N) is 2. The molecule has 1 fully saturated rings. The zero-order chi connectivity index (χ0) is 22.4. The third kappa shape index (κ3) is 3.80. The highest BCUT2D eigenvalue weighted by atomic mass is 32.3. The third-order valence-electron chi connectivity index (χ3n) is 5.46. The molecular formula is C16H24FN9O3S2. The number of piperidine rings is 1. The predicted molar refractivity (Wildman–Crippen MR) is 112 cm³/mol. The monoisotopic (exact) mass is 473 g/mol. The van der Waals surface area contributed by atoms with Crippen molar-refractivity contribution in [1.82, 2.24) is 25.3 Å². The van der Waals surface area contributed by atoms with E-state index in [0.717, 1.165) is 0 Å². The van der Waals surface area contributed by atoms with Crippen LogP contribution in [0.2, 0.25) is 0 Å². The quantitative estimate of drug-likeness (QED) is 0.424. The maximum atomic E-state index is 14.6. The van der Waals surface area contributed by atoms with Crippen LogP contribution in [0.4, 0.5) is 10.1 Å². The smallest absolute Gasteiger partial charge is 0.293 e. The number of nitrogens with two attached hydrogens (primary N) is 2. The molecule has 0 bridgehead atoms. The lowest BCUT2D eigenvalue weighted by molar-refractivity contribution is 0.202. The topological polar surface area (TPSA) is 185 Å². The van der Waals surface area contributed by atoms with Crippen LogP contribution in [-0.2, 0) is 19.9 Å². The molecule has 4 rings (SSSR count). The van der Waals surface area contributed by atoms with Gasteiger partial charge in [0, 0.05) is 37.3 Å². The molecule has 0 amide bonds. The second-order valence-electron chi connectivity index (χ2n) is 7.60. The Morgan fingerprint density at radius 1 is 1.35 bits per heavy atom. The first-order chi connectivity index (χ1) is 14.7. The first kappa shape index (κ1) is 22.0. The van der Waals surface area contributed by atoms with E-state index in [4.69, 9.17) is 11.5 Å². The average Bonchev–Trinajstić information content (AvgIpc) is 3.32. The van der Waals surface area contributed by atoms with Crippen LogP contribution in [0.15, 0.2) is 25.7 Å². The molecule has 15 heteroatoms. The molecule has 4 atom stereocenters. The largest absolute Gasteiger partial charge is 0.368 e. The Morgan fingerprint density at radius 2 is 2.13 bits per heavy atom. The average molecular weight is 474 g/mol. The van der Waals surface area contributed by atoms with Crippen molar-refractivity contribution < 1.29 is 17.0 Å². The summed E-state index contributed by atoms with van der Waals surface area (Å²) in [4.78, 5) is 1.43. The summed E-state index contributed by atoms with van der Waals surface area (Å²) in [6.07, 6.45) is -0.674. The zero-order valence-corrected chi connectivity index (χ0v) is 18.4. The molecule has 3 heterocycles. The molecule has 1 aromatic carbocycles. The molecule has 6 N–H and O–H groups in total. The SMILES string of the molecule is C[C@H](CN)NS1(=O)=NS(=O)(=O)c2c1ccc(N1CC[C@@H](CN)[C@@H](F)C1)c2-c1nn[nH]n1. The van der Waals surface area contributed by atoms with E-state index in [9.17, 15) is 17.0 Å². The van der Waals surface area contributed by atoms with Crippen LogP contribution in [0.25, 0.3) is 11.4 Å². The summed E-state index contributed by atoms with van der Waals surface area (Å²) in [7, 11) is -7.83. The Hall–Kier alpha value is -2.20. The summed E-state index contributed by atoms with van der Waals surface area (Å²) in [5.74, 6) is -0.281. The van der Waals surface area contributed by atoms with E-state index in [1.165, 1.54) is 6.07 Å². The molecule has 2 aliphatic heterocycles. The number of H-pyrrole nitrogens is 1. The minimum absolute atomic E-state index is 0.00927. The fourth-order valence-electron chi connectivity index (χ4n) is 3.83. The summed E-state index contributed by atoms with van der Waals surface area (Å²) < 4.78 is 60.5. The number of hydrogen-bond donors (Lipinski definition) is 4. The number of aromatic nitrogens is 4. The normalized spacial score (nSPS) is 28.2. The van der Waals surface area contributed by atoms with Gasteiger partial charge in [-0.3, -0.25) is 0 Å². The van der Waals surface area contributed by atoms with Crippen molar-refractivity contribution in [2.24, 2.45) is 21.2 Å². The van der Waals surface area contributed by atoms with E-state index in [1.54, 1.807) is 17.9 Å². The number of benzene rings is 1. The highest BCUT2D eigenvalue weighted by Gasteiger charge is 2.41. The van der Waals surface area contributed by atoms with Crippen molar-refractivity contribution in [3.63, 3.8) is 0 Å². The minimum atomic E-state index is -4.33. The first-order valence-electron chi connectivity index (χ1n) is 9.71. The van der Waals surface area contributed by atoms with Gasteiger partial charge in [0.1, 0.15) is 11.1 Å². The van der Waals surface area contributed by atoms with Crippen molar-refractivity contribution in [3.05, 3.63) is 12.1 Å². The van der Waals surface area contributed by atoms with Crippen molar-refractivity contribution in [2.75, 3.05) is 31.1 Å². The van der Waals surface area contributed by atoms with E-state index in [2.05, 4.69) is 29.1 Å². The van der Waals surface area contributed by atoms with Gasteiger partial charge in [-0.2, -0.15) is 13.6 Å². The standard InChI is InChI=1S/C16H24FN9O3S2/c1-9(6-18)22-30(27)13-3-2-12(26-5-4-10(7-19)11(17)8-26)14(16-20-23-24-21-16)15(13)31(28,29)25-30/h2-3,9-11H,4-8,18-19H2,1H3,(H,22,25,27)(H,20,21,23,24)/t9-,10+,11+,30?/m1/s1. The molecule has 31 heavy (non-hydrogen) atoms. The lowest BCUT2D eigenvalue weighted by Gasteiger charge is -2.36. The molecule has 0 aliphatic carbocycles. The molecule has 1 aromatic heterocycles. The molecular weight excluding hydrogens is 449 g/mol. The number of rotatable bonds is 6. The maximum Gasteiger partial charge on any atom is 0.293 e. The van der Waals surface area contributed by atoms with E-state index < -0.39 is 32.2 Å². The first-order valence-corrected chi connectivity index (χ1v) is 12.7. The Labute approximate surface area is 179 Å². The van der Waals surface area contributed by atoms with Crippen LogP contribution in [0.5, 0.6) is 0 Å². The molecule has 170 valence electrons. The predicted octanol–water partition coefficient (Wildman–Crippen LogP) is -0.629. The summed E-state index contributed by atoms with van der Waals surface area (Å²) >= 11 is 0. The summed E-state index contributed by atoms with van der Waals surface area (Å²) in [6, 6.07) is 2.57. The molecule has 2 aromatic rings. The van der Waals surface area contributed by atoms with Gasteiger partial charge in [-0.25, -0.2) is 13.3 Å². The number of hydrogen-bond acceptors (Lipinski definition) is 9. The fourth-order valence-corrected chi connectivity index (χ4v) is 8.54. The summed E-state index contributed by atoms with van der Waals surface area (Å²) in [5.41, 5.74) is 11.7. The molecule has 0 radical (unpaired) electrons. The Morgan fingerprint density at radius 3 is 2.74 bits per heavy atom. The van der Waals surface area contributed by atoms with Gasteiger partial charge in [0.15, 0.2) is 9.92 Å². The van der Waals surface area contributed by atoms with Crippen LogP contribution in [0, 0.1) is 5.92 Å². The van der Waals surface area contributed by atoms with E-state index in [-0.39, 0.29) is 46.7 Å². The van der Waals surface area contributed by atoms with Gasteiger partial charge in [-0.05, 0) is 37.2 Å². The maximum absolute atomic E-state index is 14.6. The van der Waals surface area contributed by atoms with E-state index in [0.29, 0.717) is 18.7 Å². The molecule has 1 saturated heterocycles. The van der Waals surface area contributed by atoms with Crippen LogP contribution < -0.4 is 21.1 Å². The zero-order valence-electron chi connectivity index (χ0n) is 16.7. The number of nitrogens with zero attached hydrogens (tertiary/aromatic N) is 5. The fraction of sp³-hybridized carbons (Fsp3) is 0.562. The number of tetrazole rings is 1. The Bertz CT molecular complexity index is 1200. The van der Waals surface area contributed by atoms with Gasteiger partial charge in [-0.1, -0.05) is 3.77 Å². The van der Waals surface area contributed by atoms with E-state index >= 15 is 0 Å². The Balaban J connectivity index is 1.90. The molecule has 1 unspecified atom stereocenters. The number of sulfonamides is 1. The van der Waals surface area contributed by atoms with Gasteiger partial charge >= 0.3 is 0 Å². The second kappa shape index (κ2) is 8.05. The molecule has 0 saturated carbocycles. The van der Waals surface area contributed by atoms with Crippen molar-refractivity contribution in [3.8, 4) is 11.4 Å². The van der Waals surface area contributed by atoms with Gasteiger partial charge in [0.2, 0.25) is 5.82 Å². The van der Waals surface area contributed by atoms with E-state index in [1.807, 2.05) is 0 Å². The highest BCUT2D eigenvalue weighted by Crippen LogP contribution is 2.44. The van der Waals surface area contributed by atoms with Crippen molar-refractivity contribution >= 4 is 25.6 Å². The van der Waals surface area contributed by atoms with Gasteiger partial charge in [0.25, 0.3) is 10.0 Å². The number of aromatic amines is 1. The van der Waals surface area contributed by atoms with Crippen LogP contribution in [0.1, 0.15) is 13.3 Å². The Kier molecular flexibility index (Phi) is 5.72. The summed E-state index contributed by atoms with van der Waals surface area (Å²) in [6.45, 7) is 2.52. The lowest BCUT2D eigenvalue weighted by Crippen LogP contribution is -2.44. The number of fused-ring (bicyclic) bond motifs is 1. The van der Waals surface area contributed by atoms with Crippen molar-refractivity contribution in [2.45, 2.75) is 35.3 Å². The number of alkyl halides is 1. The third-order valence-corrected chi connectivity index (χ3v) is 9.81. The number of anilines is 1. The van der Waals surface area contributed by atoms with Crippen molar-refractivity contribution in [1.29, 1.82) is 0 Å². The molecule has 12 nitrogen and oxygen atoms in total. The lowest BCUT2D eigenvalue weighted by atomic mass is 9.94. The van der Waals surface area contributed by atoms with Gasteiger partial charge < -0.3 is 16.4 Å². The van der Waals surface area contributed by atoms with Crippen LogP contribution >= 0.6 is 0 Å². The minimum Gasteiger partial charge on any atom is -0.368 e. The second-order valence-corrected chi connectivity index (χ2v) is 11.3. The molecule has 0 spiro atoms. The summed E-state index contributed by atoms with van der Waals surface area (Å²) in [5, 5.41) is 13.7. The van der Waals surface area contributed by atoms with Gasteiger partial charge in [0.05, 0.1) is 10.5 Å². The van der Waals surface area contributed by atoms with Crippen LogP contribution in [-0.4, -0.2) is 71.6 Å². The highest BCUT2D eigenvalue weighted by molar-refractivity contribution is 8.05. The van der Waals surface area contributed by atoms with Crippen LogP contribution in [0.3, 0.4) is 0 Å². The molecule has 2 aliphatic rings. The number of halogens is 1.